The van der Waals surface area contributed by atoms with Crippen LogP contribution < -0.4 is 22.1 Å². The van der Waals surface area contributed by atoms with Crippen molar-refractivity contribution in [1.29, 1.82) is 0 Å². The highest BCUT2D eigenvalue weighted by Gasteiger charge is 2.11. The summed E-state index contributed by atoms with van der Waals surface area (Å²) in [6, 6.07) is 6.82. The molecule has 0 aliphatic carbocycles. The summed E-state index contributed by atoms with van der Waals surface area (Å²) in [5.41, 5.74) is 10.5. The van der Waals surface area contributed by atoms with E-state index in [4.69, 9.17) is 5.73 Å². The van der Waals surface area contributed by atoms with E-state index in [0.29, 0.717) is 18.5 Å². The van der Waals surface area contributed by atoms with Gasteiger partial charge in [-0.2, -0.15) is 0 Å². The molecule has 0 aliphatic rings. The van der Waals surface area contributed by atoms with Gasteiger partial charge in [0.05, 0.1) is 6.04 Å². The van der Waals surface area contributed by atoms with Gasteiger partial charge in [-0.25, -0.2) is 0 Å². The van der Waals surface area contributed by atoms with Crippen molar-refractivity contribution in [3.05, 3.63) is 29.8 Å². The van der Waals surface area contributed by atoms with Gasteiger partial charge in [0.2, 0.25) is 5.91 Å². The predicted molar refractivity (Wildman–Crippen MR) is 77.2 cm³/mol. The number of hydrogen-bond donors (Lipinski definition) is 4. The van der Waals surface area contributed by atoms with Gasteiger partial charge in [-0.1, -0.05) is 0 Å². The lowest BCUT2D eigenvalue weighted by Crippen LogP contribution is -2.40. The molecular weight excluding hydrogens is 256 g/mol. The Labute approximate surface area is 118 Å². The summed E-state index contributed by atoms with van der Waals surface area (Å²) in [5, 5.41) is 5.71. The molecule has 0 aromatic heterocycles. The van der Waals surface area contributed by atoms with Crippen LogP contribution in [-0.4, -0.2) is 31.4 Å². The Bertz CT molecular complexity index is 445. The molecule has 0 radical (unpaired) electrons. The minimum absolute atomic E-state index is 0.0925. The number of amides is 2. The summed E-state index contributed by atoms with van der Waals surface area (Å²) in [4.78, 5) is 22.8. The van der Waals surface area contributed by atoms with Crippen LogP contribution in [0.15, 0.2) is 24.3 Å². The van der Waals surface area contributed by atoms with Crippen molar-refractivity contribution < 1.29 is 15.3 Å². The molecule has 20 heavy (non-hydrogen) atoms. The number of benzene rings is 1. The average Bonchev–Trinajstić information content (AvgIpc) is 2.42. The molecule has 0 aliphatic heterocycles. The maximum absolute atomic E-state index is 11.8. The monoisotopic (exact) mass is 279 g/mol. The number of carbonyl (C=O) groups is 2. The van der Waals surface area contributed by atoms with Crippen LogP contribution in [0.5, 0.6) is 0 Å². The molecule has 2 amide bonds. The van der Waals surface area contributed by atoms with Gasteiger partial charge in [-0.15, -0.1) is 0 Å². The zero-order valence-electron chi connectivity index (χ0n) is 11.8. The van der Waals surface area contributed by atoms with Crippen molar-refractivity contribution >= 4 is 17.5 Å². The third-order valence-corrected chi connectivity index (χ3v) is 3.11. The summed E-state index contributed by atoms with van der Waals surface area (Å²) in [5.74, 6) is -0.435. The van der Waals surface area contributed by atoms with Crippen molar-refractivity contribution in [2.45, 2.75) is 25.3 Å². The van der Waals surface area contributed by atoms with Gasteiger partial charge in [0, 0.05) is 12.1 Å². The molecule has 0 saturated carbocycles. The molecule has 1 unspecified atom stereocenters. The Kier molecular flexibility index (Phi) is 6.69. The van der Waals surface area contributed by atoms with E-state index in [-0.39, 0.29) is 17.9 Å². The highest BCUT2D eigenvalue weighted by molar-refractivity contribution is 5.94. The molecule has 0 saturated heterocycles. The van der Waals surface area contributed by atoms with E-state index in [0.717, 1.165) is 18.5 Å². The van der Waals surface area contributed by atoms with Gasteiger partial charge < -0.3 is 22.1 Å². The maximum atomic E-state index is 11.8. The highest BCUT2D eigenvalue weighted by atomic mass is 16.2. The standard InChI is InChI=1S/C14H22N4O2/c1-17-12(13(16)19)4-2-3-9-18-14(20)10-5-7-11(15)8-6-10/h5-8,12,17H,2-4,9,15H2,1H3,(H2,16,19)(H,18,20)/p+1. The van der Waals surface area contributed by atoms with Gasteiger partial charge in [0.1, 0.15) is 5.69 Å². The minimum atomic E-state index is -0.343. The zero-order valence-corrected chi connectivity index (χ0v) is 11.8. The number of nitrogens with two attached hydrogens (primary N) is 1. The number of rotatable bonds is 8. The highest BCUT2D eigenvalue weighted by Crippen LogP contribution is 2.04. The summed E-state index contributed by atoms with van der Waals surface area (Å²) < 4.78 is 0. The number of primary amides is 1. The molecule has 7 N–H and O–H groups in total. The Hall–Kier alpha value is -1.92. The van der Waals surface area contributed by atoms with E-state index < -0.39 is 0 Å². The van der Waals surface area contributed by atoms with Crippen molar-refractivity contribution in [1.82, 2.24) is 10.6 Å². The van der Waals surface area contributed by atoms with Crippen LogP contribution in [-0.2, 0) is 4.79 Å². The predicted octanol–water partition coefficient (Wildman–Crippen LogP) is -0.467. The minimum Gasteiger partial charge on any atom is -0.368 e. The molecule has 0 spiro atoms. The van der Waals surface area contributed by atoms with Crippen LogP contribution in [0.25, 0.3) is 0 Å². The summed E-state index contributed by atoms with van der Waals surface area (Å²) in [7, 11) is 1.71. The molecule has 1 aromatic rings. The lowest BCUT2D eigenvalue weighted by molar-refractivity contribution is -0.254. The van der Waals surface area contributed by atoms with Crippen LogP contribution in [0, 0.1) is 0 Å². The summed E-state index contributed by atoms with van der Waals surface area (Å²) >= 11 is 0. The second-order valence-electron chi connectivity index (χ2n) is 4.69. The summed E-state index contributed by atoms with van der Waals surface area (Å²) in [6.07, 6.45) is 2.31. The Morgan fingerprint density at radius 2 is 1.90 bits per heavy atom. The third-order valence-electron chi connectivity index (χ3n) is 3.11. The average molecular weight is 279 g/mol. The van der Waals surface area contributed by atoms with Crippen molar-refractivity contribution in [3.63, 3.8) is 0 Å². The van der Waals surface area contributed by atoms with Crippen LogP contribution in [0.3, 0.4) is 0 Å². The summed E-state index contributed by atoms with van der Waals surface area (Å²) in [6.45, 7) is 0.583. The molecule has 0 bridgehead atoms. The Morgan fingerprint density at radius 1 is 1.25 bits per heavy atom. The third kappa shape index (κ3) is 5.38. The van der Waals surface area contributed by atoms with E-state index >= 15 is 0 Å². The SMILES string of the molecule is CNC(CCCCNC(=O)c1ccc([NH3+])cc1)C(N)=O. The van der Waals surface area contributed by atoms with Crippen LogP contribution >= 0.6 is 0 Å². The number of quaternary nitrogens is 1. The van der Waals surface area contributed by atoms with Gasteiger partial charge in [-0.3, -0.25) is 9.59 Å². The van der Waals surface area contributed by atoms with Gasteiger partial charge in [-0.05, 0) is 50.6 Å². The van der Waals surface area contributed by atoms with E-state index in [9.17, 15) is 9.59 Å². The van der Waals surface area contributed by atoms with Crippen molar-refractivity contribution in [2.75, 3.05) is 13.6 Å². The van der Waals surface area contributed by atoms with E-state index in [2.05, 4.69) is 16.4 Å². The quantitative estimate of drug-likeness (QED) is 0.483. The normalized spacial score (nSPS) is 11.9. The van der Waals surface area contributed by atoms with E-state index in [1.807, 2.05) is 0 Å². The molecule has 6 heteroatoms. The van der Waals surface area contributed by atoms with E-state index in [1.54, 1.807) is 31.3 Å². The molecule has 110 valence electrons. The molecule has 6 nitrogen and oxygen atoms in total. The van der Waals surface area contributed by atoms with Gasteiger partial charge in [0.25, 0.3) is 5.91 Å². The van der Waals surface area contributed by atoms with Crippen LogP contribution in [0.4, 0.5) is 5.69 Å². The fourth-order valence-corrected chi connectivity index (χ4v) is 1.86. The Morgan fingerprint density at radius 3 is 2.45 bits per heavy atom. The van der Waals surface area contributed by atoms with Gasteiger partial charge in [0.15, 0.2) is 0 Å². The molecule has 1 rings (SSSR count). The number of likely N-dealkylation sites (N-methyl/N-ethyl adjacent to an activating group) is 1. The second-order valence-corrected chi connectivity index (χ2v) is 4.69. The van der Waals surface area contributed by atoms with E-state index in [1.165, 1.54) is 0 Å². The molecule has 1 atom stereocenters. The maximum Gasteiger partial charge on any atom is 0.251 e. The molecule has 0 heterocycles. The lowest BCUT2D eigenvalue weighted by Gasteiger charge is -2.11. The van der Waals surface area contributed by atoms with Crippen LogP contribution in [0.1, 0.15) is 29.6 Å². The fourth-order valence-electron chi connectivity index (χ4n) is 1.86. The van der Waals surface area contributed by atoms with Crippen molar-refractivity contribution in [3.8, 4) is 0 Å². The fraction of sp³-hybridized carbons (Fsp3) is 0.429. The second kappa shape index (κ2) is 8.29. The number of nitrogens with one attached hydrogen (secondary N) is 2. The number of hydrogen-bond acceptors (Lipinski definition) is 3. The zero-order chi connectivity index (χ0) is 15.0. The van der Waals surface area contributed by atoms with Gasteiger partial charge >= 0.3 is 0 Å². The molecule has 0 fully saturated rings. The van der Waals surface area contributed by atoms with Crippen molar-refractivity contribution in [2.24, 2.45) is 5.73 Å². The lowest BCUT2D eigenvalue weighted by atomic mass is 10.1. The molecule has 1 aromatic carbocycles. The number of unbranched alkanes of at least 4 members (excludes halogenated alkanes) is 1. The topological polar surface area (TPSA) is 112 Å². The Balaban J connectivity index is 2.22. The number of carbonyl (C=O) groups excluding carboxylic acids is 2. The first-order valence-electron chi connectivity index (χ1n) is 6.71. The smallest absolute Gasteiger partial charge is 0.251 e. The largest absolute Gasteiger partial charge is 0.368 e. The first kappa shape index (κ1) is 16.1. The first-order valence-corrected chi connectivity index (χ1v) is 6.71. The first-order chi connectivity index (χ1) is 9.54. The molecular formula is C14H23N4O2+. The van der Waals surface area contributed by atoms with Crippen LogP contribution in [0.2, 0.25) is 0 Å².